The Morgan fingerprint density at radius 2 is 1.85 bits per heavy atom. The minimum atomic E-state index is -5.10. The molecule has 0 aliphatic carbocycles. The lowest BCUT2D eigenvalue weighted by Gasteiger charge is -2.08. The summed E-state index contributed by atoms with van der Waals surface area (Å²) >= 11 is 0. The van der Waals surface area contributed by atoms with E-state index in [0.29, 0.717) is 10.9 Å². The molecule has 0 fully saturated rings. The highest BCUT2D eigenvalue weighted by atomic mass is 31.3. The minimum absolute atomic E-state index is 0.0106. The van der Waals surface area contributed by atoms with Crippen LogP contribution in [-0.2, 0) is 4.57 Å². The number of hydrogen-bond acceptors (Lipinski definition) is 6. The van der Waals surface area contributed by atoms with Gasteiger partial charge >= 0.3 is 20.7 Å². The summed E-state index contributed by atoms with van der Waals surface area (Å²) in [6.45, 7) is 0. The summed E-state index contributed by atoms with van der Waals surface area (Å²) in [6, 6.07) is 8.40. The van der Waals surface area contributed by atoms with Crippen LogP contribution >= 0.6 is 15.5 Å². The third-order valence-electron chi connectivity index (χ3n) is 2.33. The van der Waals surface area contributed by atoms with Gasteiger partial charge in [-0.05, 0) is 12.1 Å². The van der Waals surface area contributed by atoms with E-state index in [4.69, 9.17) is 24.5 Å². The maximum atomic E-state index is 11.1. The molecule has 0 saturated heterocycles. The van der Waals surface area contributed by atoms with Gasteiger partial charge < -0.3 is 9.79 Å². The molecule has 8 nitrogen and oxygen atoms in total. The zero-order valence-electron chi connectivity index (χ0n) is 9.90. The maximum absolute atomic E-state index is 11.1. The summed E-state index contributed by atoms with van der Waals surface area (Å²) in [5.41, 5.74) is 0.630. The second kappa shape index (κ2) is 5.27. The lowest BCUT2D eigenvalue weighted by Crippen LogP contribution is -2.05. The van der Waals surface area contributed by atoms with Gasteiger partial charge in [0.25, 0.3) is 0 Å². The first-order valence-electron chi connectivity index (χ1n) is 5.25. The zero-order chi connectivity index (χ0) is 15.0. The van der Waals surface area contributed by atoms with Crippen molar-refractivity contribution in [1.82, 2.24) is 4.98 Å². The average molecular weight is 317 g/mol. The molecule has 0 saturated carbocycles. The molecule has 0 spiro atoms. The highest BCUT2D eigenvalue weighted by molar-refractivity contribution is 8.00. The fourth-order valence-corrected chi connectivity index (χ4v) is 3.44. The molecule has 0 radical (unpaired) electrons. The molecule has 0 amide bonds. The van der Waals surface area contributed by atoms with Gasteiger partial charge in [0.15, 0.2) is 0 Å². The summed E-state index contributed by atoms with van der Waals surface area (Å²) < 4.78 is 11.1. The molecule has 1 aromatic carbocycles. The van der Waals surface area contributed by atoms with E-state index in [1.165, 1.54) is 12.3 Å². The van der Waals surface area contributed by atoms with E-state index in [9.17, 15) is 4.57 Å². The summed E-state index contributed by atoms with van der Waals surface area (Å²) in [5.74, 6) is 0. The second-order valence-corrected chi connectivity index (χ2v) is 7.34. The van der Waals surface area contributed by atoms with E-state index in [1.54, 1.807) is 24.3 Å². The number of rotatable bonds is 3. The van der Waals surface area contributed by atoms with E-state index >= 15 is 0 Å². The number of fused-ring (bicyclic) bond motifs is 1. The maximum Gasteiger partial charge on any atom is 0.469 e. The van der Waals surface area contributed by atoms with E-state index in [1.807, 2.05) is 0 Å². The van der Waals surface area contributed by atoms with Crippen LogP contribution in [0.5, 0.6) is 0 Å². The molecule has 0 unspecified atom stereocenters. The van der Waals surface area contributed by atoms with Gasteiger partial charge in [-0.1, -0.05) is 18.2 Å². The quantitative estimate of drug-likeness (QED) is 0.422. The Labute approximate surface area is 113 Å². The summed E-state index contributed by atoms with van der Waals surface area (Å²) in [5, 5.41) is -0.710. The van der Waals surface area contributed by atoms with Crippen molar-refractivity contribution in [2.75, 3.05) is 0 Å². The Bertz CT molecular complexity index is 721. The molecule has 0 bridgehead atoms. The average Bonchev–Trinajstić information content (AvgIpc) is 2.33. The fraction of sp³-hybridized carbons (Fsp3) is 0. The molecule has 0 aliphatic rings. The molecule has 106 valence electrons. The minimum Gasteiger partial charge on any atom is -0.317 e. The van der Waals surface area contributed by atoms with Crippen molar-refractivity contribution in [2.45, 2.75) is 0 Å². The van der Waals surface area contributed by atoms with Gasteiger partial charge in [-0.2, -0.15) is 19.7 Å². The second-order valence-electron chi connectivity index (χ2n) is 3.91. The lowest BCUT2D eigenvalue weighted by molar-refractivity contribution is 0.349. The number of nitrogens with zero attached hydrogens (tertiary/aromatic N) is 2. The SMILES string of the molecule is O=P(O)(O)C(=Nc1cnc2ccccc2c1)[P+](O)(O)O. The van der Waals surface area contributed by atoms with Gasteiger partial charge in [0.2, 0.25) is 0 Å². The molecule has 0 atom stereocenters. The van der Waals surface area contributed by atoms with Crippen LogP contribution in [-0.4, -0.2) is 34.6 Å². The van der Waals surface area contributed by atoms with E-state index in [2.05, 4.69) is 9.98 Å². The van der Waals surface area contributed by atoms with Crippen molar-refractivity contribution in [1.29, 1.82) is 0 Å². The standard InChI is InChI=1S/C10H10N2O6P2/c13-19(14,15)10(20(16,17)18)12-8-5-7-3-1-2-4-9(7)11-6-8/h1-6,13-15H,(H-,16,17,18)/p+1. The van der Waals surface area contributed by atoms with Crippen LogP contribution in [0.2, 0.25) is 0 Å². The van der Waals surface area contributed by atoms with Crippen molar-refractivity contribution >= 4 is 37.3 Å². The number of hydrogen-bond donors (Lipinski definition) is 5. The topological polar surface area (TPSA) is 143 Å². The number of aromatic nitrogens is 1. The van der Waals surface area contributed by atoms with Crippen LogP contribution in [0, 0.1) is 0 Å². The van der Waals surface area contributed by atoms with Crippen LogP contribution in [0.3, 0.4) is 0 Å². The van der Waals surface area contributed by atoms with Crippen LogP contribution in [0.1, 0.15) is 0 Å². The lowest BCUT2D eigenvalue weighted by atomic mass is 10.2. The normalized spacial score (nSPS) is 13.8. The van der Waals surface area contributed by atoms with Crippen LogP contribution < -0.4 is 0 Å². The van der Waals surface area contributed by atoms with Gasteiger partial charge in [-0.3, -0.25) is 4.98 Å². The Balaban J connectivity index is 2.57. The smallest absolute Gasteiger partial charge is 0.317 e. The predicted molar refractivity (Wildman–Crippen MR) is 74.5 cm³/mol. The predicted octanol–water partition coefficient (Wildman–Crippen LogP) is 1.14. The molecule has 20 heavy (non-hydrogen) atoms. The number of para-hydroxylation sites is 1. The molecular weight excluding hydrogens is 306 g/mol. The summed E-state index contributed by atoms with van der Waals surface area (Å²) in [6.07, 6.45) is 1.20. The Kier molecular flexibility index (Phi) is 4.00. The molecule has 5 N–H and O–H groups in total. The van der Waals surface area contributed by atoms with Gasteiger partial charge in [0.1, 0.15) is 0 Å². The van der Waals surface area contributed by atoms with Crippen molar-refractivity contribution in [3.63, 3.8) is 0 Å². The van der Waals surface area contributed by atoms with Crippen molar-refractivity contribution in [3.05, 3.63) is 36.5 Å². The van der Waals surface area contributed by atoms with Gasteiger partial charge in [-0.25, -0.2) is 4.57 Å². The largest absolute Gasteiger partial charge is 0.469 e. The van der Waals surface area contributed by atoms with Crippen LogP contribution in [0.25, 0.3) is 10.9 Å². The molecule has 1 aromatic heterocycles. The van der Waals surface area contributed by atoms with Gasteiger partial charge in [0, 0.05) is 5.39 Å². The first kappa shape index (κ1) is 15.2. The van der Waals surface area contributed by atoms with E-state index in [-0.39, 0.29) is 5.69 Å². The monoisotopic (exact) mass is 317 g/mol. The Hall–Kier alpha value is -1.24. The Morgan fingerprint density at radius 3 is 2.45 bits per heavy atom. The van der Waals surface area contributed by atoms with E-state index in [0.717, 1.165) is 0 Å². The third kappa shape index (κ3) is 3.45. The van der Waals surface area contributed by atoms with Crippen molar-refractivity contribution < 1.29 is 29.0 Å². The highest BCUT2D eigenvalue weighted by Crippen LogP contribution is 2.61. The number of aliphatic imine (C=N–C) groups is 1. The molecule has 2 aromatic rings. The fourth-order valence-electron chi connectivity index (χ4n) is 1.54. The van der Waals surface area contributed by atoms with Crippen molar-refractivity contribution in [3.8, 4) is 0 Å². The van der Waals surface area contributed by atoms with Crippen LogP contribution in [0.4, 0.5) is 5.69 Å². The zero-order valence-corrected chi connectivity index (χ0v) is 11.7. The first-order chi connectivity index (χ1) is 9.18. The molecule has 10 heteroatoms. The third-order valence-corrected chi connectivity index (χ3v) is 5.18. The summed E-state index contributed by atoms with van der Waals surface area (Å²) in [7, 11) is -10.0. The number of pyridine rings is 1. The molecule has 0 aliphatic heterocycles. The molecule has 1 heterocycles. The number of benzene rings is 1. The van der Waals surface area contributed by atoms with E-state index < -0.39 is 20.7 Å². The van der Waals surface area contributed by atoms with Gasteiger partial charge in [0.05, 0.1) is 17.4 Å². The first-order valence-corrected chi connectivity index (χ1v) is 8.51. The molecular formula is C10H11N2O6P2+. The Morgan fingerprint density at radius 1 is 1.20 bits per heavy atom. The van der Waals surface area contributed by atoms with Crippen LogP contribution in [0.15, 0.2) is 41.5 Å². The highest BCUT2D eigenvalue weighted by Gasteiger charge is 2.51. The molecule has 2 rings (SSSR count). The summed E-state index contributed by atoms with van der Waals surface area (Å²) in [4.78, 5) is 52.6. The van der Waals surface area contributed by atoms with Gasteiger partial charge in [-0.15, -0.1) is 0 Å². The van der Waals surface area contributed by atoms with Crippen molar-refractivity contribution in [2.24, 2.45) is 4.99 Å².